The number of aliphatic hydroxyl groups excluding tert-OH is 2. The molecule has 30 aliphatic rings. The van der Waals surface area contributed by atoms with Crippen molar-refractivity contribution in [2.24, 2.45) is 0 Å². The van der Waals surface area contributed by atoms with Gasteiger partial charge in [-0.2, -0.15) is 0 Å². The summed E-state index contributed by atoms with van der Waals surface area (Å²) in [6.07, 6.45) is 11.9. The van der Waals surface area contributed by atoms with Crippen LogP contribution >= 0.6 is 0 Å². The summed E-state index contributed by atoms with van der Waals surface area (Å²) in [5, 5.41) is 49.8. The van der Waals surface area contributed by atoms with Crippen molar-refractivity contribution in [2.75, 3.05) is 13.2 Å². The summed E-state index contributed by atoms with van der Waals surface area (Å²) in [5.74, 6) is 0. The van der Waals surface area contributed by atoms with E-state index >= 15 is 10.2 Å². The average molecular weight is 814 g/mol. The maximum atomic E-state index is 15.2. The Hall–Kier alpha value is 1.40. The van der Waals surface area contributed by atoms with Gasteiger partial charge in [0.15, 0.2) is 0 Å². The molecule has 30 aliphatic heterocycles. The zero-order chi connectivity index (χ0) is 31.4. The third-order valence-electron chi connectivity index (χ3n) is 49.6. The fourth-order valence-electron chi connectivity index (χ4n) is 56.6. The summed E-state index contributed by atoms with van der Waals surface area (Å²) in [4.78, 5) is 32.5. The van der Waals surface area contributed by atoms with Crippen molar-refractivity contribution in [1.29, 1.82) is 0 Å². The molecule has 7 heteroatoms. The Bertz CT molecular complexity index is 3360. The number of hydrogen-bond acceptors (Lipinski definition) is 4. The van der Waals surface area contributed by atoms with Gasteiger partial charge in [-0.1, -0.05) is 0 Å². The number of aliphatic hydroxyl groups is 4. The molecule has 51 heavy (non-hydrogen) atoms. The molecule has 278 valence electrons. The van der Waals surface area contributed by atoms with Crippen LogP contribution in [0.15, 0.2) is 0 Å². The van der Waals surface area contributed by atoms with Crippen LogP contribution in [-0.4, -0.2) is 44.8 Å². The predicted molar refractivity (Wildman–Crippen MR) is 179 cm³/mol. The first kappa shape index (κ1) is 20.9. The van der Waals surface area contributed by atoms with Crippen molar-refractivity contribution in [1.82, 2.24) is 0 Å². The molecule has 3 spiro atoms. The van der Waals surface area contributed by atoms with Gasteiger partial charge in [-0.15, -0.1) is 0 Å². The third kappa shape index (κ3) is 0.252. The molecule has 0 amide bonds. The van der Waals surface area contributed by atoms with Gasteiger partial charge in [-0.3, -0.25) is 0 Å². The molecule has 0 aromatic carbocycles. The number of fused-ring (bicyclic) bond motifs is 30. The van der Waals surface area contributed by atoms with Crippen LogP contribution in [0.4, 0.5) is 0 Å². The van der Waals surface area contributed by atoms with Crippen LogP contribution in [0.25, 0.3) is 0 Å². The molecule has 18 atom stereocenters. The van der Waals surface area contributed by atoms with Gasteiger partial charge in [0.25, 0.3) is 0 Å². The van der Waals surface area contributed by atoms with E-state index < -0.39 is 19.5 Å². The van der Waals surface area contributed by atoms with Crippen molar-refractivity contribution in [3.8, 4) is 0 Å². The van der Waals surface area contributed by atoms with Crippen molar-refractivity contribution in [2.45, 2.75) is 218 Å². The van der Waals surface area contributed by atoms with Crippen LogP contribution in [0.3, 0.4) is 0 Å². The van der Waals surface area contributed by atoms with Crippen molar-refractivity contribution in [3.05, 3.63) is 0 Å². The van der Waals surface area contributed by atoms with Crippen LogP contribution in [0.5, 0.6) is 0 Å². The second kappa shape index (κ2) is 1.90. The maximum absolute atomic E-state index is 15.2. The molecular weight excluding hydrogens is 760 g/mol. The van der Waals surface area contributed by atoms with Crippen LogP contribution in [-0.2, 0) is 19.5 Å². The first-order valence-electron chi connectivity index (χ1n) is 23.4. The van der Waals surface area contributed by atoms with E-state index in [0.717, 1.165) is 32.1 Å². The summed E-state index contributed by atoms with van der Waals surface area (Å²) in [6.45, 7) is -11.0. The molecule has 30 saturated heterocycles. The Labute approximate surface area is 269 Å². The molecule has 18 unspecified atom stereocenters. The van der Waals surface area contributed by atoms with E-state index in [1.54, 1.807) is 0 Å². The van der Waals surface area contributed by atoms with E-state index in [2.05, 4.69) is 0 Å². The van der Waals surface area contributed by atoms with Crippen molar-refractivity contribution >= 4 is 0 Å². The van der Waals surface area contributed by atoms with Gasteiger partial charge in [-0.05, 0) is 0 Å². The quantitative estimate of drug-likeness (QED) is 0.0924. The number of hydrogen-bond donors (Lipinski definition) is 4. The van der Waals surface area contributed by atoms with Gasteiger partial charge in [0.2, 0.25) is 0 Å². The van der Waals surface area contributed by atoms with Crippen LogP contribution in [0, 0.1) is 0 Å². The molecule has 4 N–H and O–H groups in total. The van der Waals surface area contributed by atoms with Gasteiger partial charge < -0.3 is 0 Å². The van der Waals surface area contributed by atoms with E-state index in [9.17, 15) is 10.2 Å². The summed E-state index contributed by atoms with van der Waals surface area (Å²) in [6, 6.07) is 0. The molecule has 0 radical (unpaired) electrons. The molecule has 30 heterocycles. The minimum atomic E-state index is -4.39. The molecule has 0 aromatic heterocycles. The normalized spacial score (nSPS) is 124. The summed E-state index contributed by atoms with van der Waals surface area (Å²) < 4.78 is 2.25. The van der Waals surface area contributed by atoms with Gasteiger partial charge in [0.05, 0.1) is 0 Å². The summed E-state index contributed by atoms with van der Waals surface area (Å²) in [5.41, 5.74) is -0.430. The average Bonchev–Trinajstić information content (AvgIpc) is 3.83. The number of rotatable bonds is 16. The fourth-order valence-corrected chi connectivity index (χ4v) is 286. The van der Waals surface area contributed by atoms with Crippen molar-refractivity contribution in [3.63, 3.8) is 0 Å². The molecule has 0 aromatic rings. The minimum absolute atomic E-state index is 0.215. The predicted octanol–water partition coefficient (Wildman–Crippen LogP) is 11.0. The fraction of sp³-hybridized carbons (Fsp3) is 1.00. The standard InChI is InChI=1S/2C17H22O2.2C5H5.3Fe/c2*18-14-8-2-1-7-13-17(19,15-9-3-4-10-15)16-11-5-6-12-16;2*1-2-4-5-3-1;;;/h2*3-6,9-12,18-19H,1-2,7-8,13-14H2;2*1-5H;;;. The first-order valence-corrected chi connectivity index (χ1v) is 42.2. The van der Waals surface area contributed by atoms with E-state index in [4.69, 9.17) is 0 Å². The molecular formula is C44H54Fe3O4. The molecule has 30 rings (SSSR count). The molecule has 0 saturated carbocycles. The Morgan fingerprint density at radius 1 is 0.333 bits per heavy atom. The van der Waals surface area contributed by atoms with Gasteiger partial charge in [-0.25, -0.2) is 0 Å². The number of unbranched alkanes of at least 4 members (excludes halogenated alkanes) is 6. The molecule has 30 fully saturated rings. The van der Waals surface area contributed by atoms with Gasteiger partial charge in [0, 0.05) is 0 Å². The Morgan fingerprint density at radius 3 is 0.843 bits per heavy atom. The molecule has 0 aliphatic carbocycles. The SMILES string of the molecule is OCCCCCCC(O)([C]12[CH]3[CH]4[CH]5[CH]1[Fe]45321678[CH]2[CH]1[CH]6[CH]7[CH]28)[C]12[CH]3[CH]4[CH]5[CH]1[Fe]45321678[CH]2[CH]1[CH]6[C]7(C(O)(CCCCCCO)[C]13[CH]4[CH]5[CH]6[CH]1[Fe]5643179%10[CH]3[CH]1[CH]7[CH]9[CH]3%10)[CH]28. The Balaban J connectivity index is 0.738. The second-order valence-electron chi connectivity index (χ2n) is 34.6. The zero-order valence-electron chi connectivity index (χ0n) is 29.3. The molecule has 0 bridgehead atoms. The zero-order valence-corrected chi connectivity index (χ0v) is 32.7. The first-order chi connectivity index (χ1) is 24.1. The van der Waals surface area contributed by atoms with Crippen molar-refractivity contribution < 1.29 is 40.0 Å². The van der Waals surface area contributed by atoms with E-state index in [1.807, 2.05) is 0 Å². The van der Waals surface area contributed by atoms with Gasteiger partial charge in [0.1, 0.15) is 0 Å². The van der Waals surface area contributed by atoms with E-state index in [1.165, 1.54) is 157 Å². The Kier molecular flexibility index (Phi) is 0.777. The van der Waals surface area contributed by atoms with E-state index in [0.29, 0.717) is 30.5 Å². The van der Waals surface area contributed by atoms with Crippen LogP contribution in [0.1, 0.15) is 64.2 Å². The second-order valence-corrected chi connectivity index (χ2v) is 105. The molecule has 4 nitrogen and oxygen atoms in total. The topological polar surface area (TPSA) is 80.9 Å². The third-order valence-corrected chi connectivity index (χ3v) is 178. The summed E-state index contributed by atoms with van der Waals surface area (Å²) in [7, 11) is 0. The van der Waals surface area contributed by atoms with E-state index in [-0.39, 0.29) is 11.2 Å². The van der Waals surface area contributed by atoms with Gasteiger partial charge >= 0.3 is 271 Å². The Morgan fingerprint density at radius 2 is 0.627 bits per heavy atom. The monoisotopic (exact) mass is 814 g/mol. The van der Waals surface area contributed by atoms with Crippen LogP contribution < -0.4 is 0 Å². The van der Waals surface area contributed by atoms with Crippen LogP contribution in [0.2, 0.25) is 142 Å². The summed E-state index contributed by atoms with van der Waals surface area (Å²) >= 11 is 0.